The Bertz CT molecular complexity index is 349. The summed E-state index contributed by atoms with van der Waals surface area (Å²) in [6, 6.07) is 1.27. The molecule has 1 rings (SSSR count). The van der Waals surface area contributed by atoms with Crippen molar-refractivity contribution in [2.24, 2.45) is 0 Å². The van der Waals surface area contributed by atoms with Crippen LogP contribution in [0.3, 0.4) is 0 Å². The zero-order valence-electron chi connectivity index (χ0n) is 10.3. The normalized spacial score (nSPS) is 13.8. The number of aromatic nitrogens is 1. The van der Waals surface area contributed by atoms with Crippen LogP contribution in [0.5, 0.6) is 0 Å². The average Bonchev–Trinajstić information content (AvgIpc) is 2.75. The summed E-state index contributed by atoms with van der Waals surface area (Å²) in [6.07, 6.45) is -2.21. The molecule has 0 aliphatic rings. The van der Waals surface area contributed by atoms with Crippen LogP contribution in [-0.4, -0.2) is 29.1 Å². The second-order valence-corrected chi connectivity index (χ2v) is 4.09. The van der Waals surface area contributed by atoms with E-state index in [-0.39, 0.29) is 5.56 Å². The predicted octanol–water partition coefficient (Wildman–Crippen LogP) is 2.90. The Morgan fingerprint density at radius 1 is 1.39 bits per heavy atom. The third-order valence-electron chi connectivity index (χ3n) is 2.54. The predicted molar refractivity (Wildman–Crippen MR) is 61.2 cm³/mol. The molecule has 0 amide bonds. The minimum atomic E-state index is -4.62. The van der Waals surface area contributed by atoms with E-state index >= 15 is 0 Å². The summed E-state index contributed by atoms with van der Waals surface area (Å²) in [5, 5.41) is 9.04. The van der Waals surface area contributed by atoms with Crippen molar-refractivity contribution in [2.75, 3.05) is 13.2 Å². The van der Waals surface area contributed by atoms with Gasteiger partial charge in [-0.05, 0) is 12.5 Å². The molecule has 104 valence electrons. The number of halogens is 3. The molecule has 1 atom stereocenters. The van der Waals surface area contributed by atoms with E-state index in [0.717, 1.165) is 12.8 Å². The number of hydrogen-bond donors (Lipinski definition) is 1. The Balaban J connectivity index is 2.39. The van der Waals surface area contributed by atoms with Gasteiger partial charge in [-0.25, -0.2) is 0 Å². The van der Waals surface area contributed by atoms with E-state index in [1.54, 1.807) is 4.57 Å². The van der Waals surface area contributed by atoms with Gasteiger partial charge in [-0.15, -0.1) is 0 Å². The lowest BCUT2D eigenvalue weighted by Gasteiger charge is -2.12. The van der Waals surface area contributed by atoms with Crippen LogP contribution >= 0.6 is 0 Å². The van der Waals surface area contributed by atoms with Crippen LogP contribution in [0.25, 0.3) is 0 Å². The van der Waals surface area contributed by atoms with E-state index in [1.807, 2.05) is 0 Å². The smallest absolute Gasteiger partial charge is 0.380 e. The molecule has 1 heterocycles. The largest absolute Gasteiger partial charge is 0.418 e. The van der Waals surface area contributed by atoms with Crippen LogP contribution in [0, 0.1) is 0 Å². The standard InChI is InChI=1S/C12H18F3NO2/c1-2-3-7-18-8-6-16-5-4-10(9-16)11(17)12(13,14)15/h4-5,9,11,17H,2-3,6-8H2,1H3. The third kappa shape index (κ3) is 4.70. The molecule has 0 saturated carbocycles. The molecule has 0 aliphatic heterocycles. The zero-order chi connectivity index (χ0) is 13.6. The molecule has 3 nitrogen and oxygen atoms in total. The van der Waals surface area contributed by atoms with Gasteiger partial charge in [-0.1, -0.05) is 13.3 Å². The molecule has 1 unspecified atom stereocenters. The molecular weight excluding hydrogens is 247 g/mol. The Morgan fingerprint density at radius 3 is 2.72 bits per heavy atom. The monoisotopic (exact) mass is 265 g/mol. The summed E-state index contributed by atoms with van der Waals surface area (Å²) in [7, 11) is 0. The molecule has 18 heavy (non-hydrogen) atoms. The molecule has 1 N–H and O–H groups in total. The van der Waals surface area contributed by atoms with Crippen LogP contribution in [0.15, 0.2) is 18.5 Å². The first-order valence-corrected chi connectivity index (χ1v) is 5.93. The van der Waals surface area contributed by atoms with Crippen molar-refractivity contribution in [1.29, 1.82) is 0 Å². The van der Waals surface area contributed by atoms with E-state index in [1.165, 1.54) is 18.5 Å². The van der Waals surface area contributed by atoms with Crippen molar-refractivity contribution in [3.8, 4) is 0 Å². The van der Waals surface area contributed by atoms with Crippen LogP contribution < -0.4 is 0 Å². The number of aliphatic hydroxyl groups is 1. The van der Waals surface area contributed by atoms with E-state index in [2.05, 4.69) is 6.92 Å². The summed E-state index contributed by atoms with van der Waals surface area (Å²) in [5.41, 5.74) is -0.143. The first-order valence-electron chi connectivity index (χ1n) is 5.93. The highest BCUT2D eigenvalue weighted by atomic mass is 19.4. The number of aliphatic hydroxyl groups excluding tert-OH is 1. The average molecular weight is 265 g/mol. The molecular formula is C12H18F3NO2. The molecule has 0 saturated heterocycles. The lowest BCUT2D eigenvalue weighted by molar-refractivity contribution is -0.206. The zero-order valence-corrected chi connectivity index (χ0v) is 10.3. The minimum absolute atomic E-state index is 0.143. The maximum absolute atomic E-state index is 12.3. The second-order valence-electron chi connectivity index (χ2n) is 4.09. The molecule has 0 fully saturated rings. The molecule has 0 radical (unpaired) electrons. The van der Waals surface area contributed by atoms with E-state index in [4.69, 9.17) is 9.84 Å². The fourth-order valence-corrected chi connectivity index (χ4v) is 1.47. The SMILES string of the molecule is CCCCOCCn1ccc(C(O)C(F)(F)F)c1. The van der Waals surface area contributed by atoms with Crippen molar-refractivity contribution in [3.63, 3.8) is 0 Å². The Hall–Kier alpha value is -1.01. The van der Waals surface area contributed by atoms with Gasteiger partial charge in [0.1, 0.15) is 0 Å². The fourth-order valence-electron chi connectivity index (χ4n) is 1.47. The number of hydrogen-bond acceptors (Lipinski definition) is 2. The van der Waals surface area contributed by atoms with Gasteiger partial charge in [-0.2, -0.15) is 13.2 Å². The second kappa shape index (κ2) is 6.80. The lowest BCUT2D eigenvalue weighted by atomic mass is 10.2. The lowest BCUT2D eigenvalue weighted by Crippen LogP contribution is -2.19. The summed E-state index contributed by atoms with van der Waals surface area (Å²) >= 11 is 0. The van der Waals surface area contributed by atoms with Gasteiger partial charge >= 0.3 is 6.18 Å². The highest BCUT2D eigenvalue weighted by molar-refractivity contribution is 5.15. The Morgan fingerprint density at radius 2 is 2.11 bits per heavy atom. The number of rotatable bonds is 7. The van der Waals surface area contributed by atoms with Gasteiger partial charge in [0.2, 0.25) is 0 Å². The number of alkyl halides is 3. The van der Waals surface area contributed by atoms with Crippen LogP contribution in [0.1, 0.15) is 31.4 Å². The molecule has 0 bridgehead atoms. The Kier molecular flexibility index (Phi) is 5.68. The minimum Gasteiger partial charge on any atom is -0.380 e. The summed E-state index contributed by atoms with van der Waals surface area (Å²) in [5.74, 6) is 0. The molecule has 0 aliphatic carbocycles. The van der Waals surface area contributed by atoms with E-state index in [9.17, 15) is 13.2 Å². The molecule has 1 aromatic heterocycles. The molecule has 0 spiro atoms. The van der Waals surface area contributed by atoms with Gasteiger partial charge in [0.25, 0.3) is 0 Å². The van der Waals surface area contributed by atoms with Crippen molar-refractivity contribution in [1.82, 2.24) is 4.57 Å². The maximum atomic E-state index is 12.3. The van der Waals surface area contributed by atoms with Crippen molar-refractivity contribution < 1.29 is 23.0 Å². The van der Waals surface area contributed by atoms with Gasteiger partial charge in [0, 0.05) is 31.1 Å². The fraction of sp³-hybridized carbons (Fsp3) is 0.667. The molecule has 1 aromatic rings. The van der Waals surface area contributed by atoms with Gasteiger partial charge in [-0.3, -0.25) is 0 Å². The highest BCUT2D eigenvalue weighted by Crippen LogP contribution is 2.32. The van der Waals surface area contributed by atoms with Crippen molar-refractivity contribution in [3.05, 3.63) is 24.0 Å². The van der Waals surface area contributed by atoms with Gasteiger partial charge < -0.3 is 14.4 Å². The summed E-state index contributed by atoms with van der Waals surface area (Å²) in [4.78, 5) is 0. The number of ether oxygens (including phenoxy) is 1. The topological polar surface area (TPSA) is 34.4 Å². The summed E-state index contributed by atoms with van der Waals surface area (Å²) < 4.78 is 43.6. The highest BCUT2D eigenvalue weighted by Gasteiger charge is 2.39. The molecule has 6 heteroatoms. The van der Waals surface area contributed by atoms with Crippen molar-refractivity contribution in [2.45, 2.75) is 38.6 Å². The first kappa shape index (κ1) is 15.0. The summed E-state index contributed by atoms with van der Waals surface area (Å²) in [6.45, 7) is 3.65. The number of unbranched alkanes of at least 4 members (excludes halogenated alkanes) is 1. The van der Waals surface area contributed by atoms with E-state index < -0.39 is 12.3 Å². The van der Waals surface area contributed by atoms with Gasteiger partial charge in [0.05, 0.1) is 6.61 Å². The molecule has 0 aromatic carbocycles. The van der Waals surface area contributed by atoms with Crippen LogP contribution in [-0.2, 0) is 11.3 Å². The van der Waals surface area contributed by atoms with Gasteiger partial charge in [0.15, 0.2) is 6.10 Å². The van der Waals surface area contributed by atoms with Crippen LogP contribution in [0.2, 0.25) is 0 Å². The van der Waals surface area contributed by atoms with Crippen molar-refractivity contribution >= 4 is 0 Å². The first-order chi connectivity index (χ1) is 8.45. The maximum Gasteiger partial charge on any atom is 0.418 e. The third-order valence-corrected chi connectivity index (χ3v) is 2.54. The Labute approximate surface area is 104 Å². The van der Waals surface area contributed by atoms with E-state index in [0.29, 0.717) is 19.8 Å². The quantitative estimate of drug-likeness (QED) is 0.769. The van der Waals surface area contributed by atoms with Crippen LogP contribution in [0.4, 0.5) is 13.2 Å². The number of nitrogens with zero attached hydrogens (tertiary/aromatic N) is 1.